The summed E-state index contributed by atoms with van der Waals surface area (Å²) in [5.41, 5.74) is 0.653. The molecular weight excluding hydrogens is 464 g/mol. The molecule has 1 unspecified atom stereocenters. The lowest BCUT2D eigenvalue weighted by Crippen LogP contribution is -2.45. The lowest BCUT2D eigenvalue weighted by molar-refractivity contribution is -0.118. The third kappa shape index (κ3) is 6.46. The number of nitrogens with one attached hydrogen (secondary N) is 3. The predicted octanol–water partition coefficient (Wildman–Crippen LogP) is 3.24. The molecule has 0 aliphatic heterocycles. The van der Waals surface area contributed by atoms with Gasteiger partial charge in [-0.15, -0.1) is 0 Å². The fraction of sp³-hybridized carbons (Fsp3) is 0.167. The van der Waals surface area contributed by atoms with Gasteiger partial charge in [-0.1, -0.05) is 37.3 Å². The number of rotatable bonds is 9. The highest BCUT2D eigenvalue weighted by molar-refractivity contribution is 7.89. The van der Waals surface area contributed by atoms with Gasteiger partial charge in [-0.2, -0.15) is 0 Å². The van der Waals surface area contributed by atoms with Crippen LogP contribution in [0.5, 0.6) is 0 Å². The Morgan fingerprint density at radius 3 is 2.24 bits per heavy atom. The van der Waals surface area contributed by atoms with E-state index in [0.29, 0.717) is 0 Å². The molecule has 3 N–H and O–H groups in total. The first-order valence-corrected chi connectivity index (χ1v) is 11.9. The van der Waals surface area contributed by atoms with E-state index in [9.17, 15) is 26.8 Å². The SMILES string of the molecule is CCNS(=O)(=O)c1ccc(NC(=O)C(Cc2ccccc2)NC(=O)c2ccc(F)cc2)c(F)c1. The van der Waals surface area contributed by atoms with E-state index < -0.39 is 39.5 Å². The van der Waals surface area contributed by atoms with Gasteiger partial charge in [-0.25, -0.2) is 21.9 Å². The van der Waals surface area contributed by atoms with Gasteiger partial charge in [0, 0.05) is 18.5 Å². The van der Waals surface area contributed by atoms with Crippen LogP contribution in [0.1, 0.15) is 22.8 Å². The van der Waals surface area contributed by atoms with Crippen molar-refractivity contribution in [1.29, 1.82) is 0 Å². The van der Waals surface area contributed by atoms with Crippen LogP contribution in [0.25, 0.3) is 0 Å². The molecule has 2 amide bonds. The van der Waals surface area contributed by atoms with Gasteiger partial charge < -0.3 is 10.6 Å². The van der Waals surface area contributed by atoms with Gasteiger partial charge in [0.2, 0.25) is 15.9 Å². The van der Waals surface area contributed by atoms with Crippen molar-refractivity contribution in [2.45, 2.75) is 24.3 Å². The lowest BCUT2D eigenvalue weighted by atomic mass is 10.0. The second-order valence-corrected chi connectivity index (χ2v) is 9.12. The van der Waals surface area contributed by atoms with E-state index in [1.165, 1.54) is 18.2 Å². The second-order valence-electron chi connectivity index (χ2n) is 7.35. The normalized spacial score (nSPS) is 12.1. The number of hydrogen-bond donors (Lipinski definition) is 3. The molecule has 3 aromatic carbocycles. The van der Waals surface area contributed by atoms with Crippen LogP contribution in [0.15, 0.2) is 77.7 Å². The molecule has 34 heavy (non-hydrogen) atoms. The van der Waals surface area contributed by atoms with Crippen LogP contribution in [0.2, 0.25) is 0 Å². The van der Waals surface area contributed by atoms with Crippen LogP contribution >= 0.6 is 0 Å². The van der Waals surface area contributed by atoms with Gasteiger partial charge in [0.1, 0.15) is 17.7 Å². The van der Waals surface area contributed by atoms with E-state index in [4.69, 9.17) is 0 Å². The molecule has 0 fully saturated rings. The minimum atomic E-state index is -3.87. The fourth-order valence-corrected chi connectivity index (χ4v) is 4.21. The number of amides is 2. The van der Waals surface area contributed by atoms with E-state index in [1.54, 1.807) is 37.3 Å². The zero-order valence-electron chi connectivity index (χ0n) is 18.2. The highest BCUT2D eigenvalue weighted by Gasteiger charge is 2.24. The van der Waals surface area contributed by atoms with Crippen LogP contribution in [-0.4, -0.2) is 32.8 Å². The average Bonchev–Trinajstić information content (AvgIpc) is 2.81. The van der Waals surface area contributed by atoms with Crippen LogP contribution in [-0.2, 0) is 21.2 Å². The molecule has 0 saturated carbocycles. The Kier molecular flexibility index (Phi) is 8.08. The van der Waals surface area contributed by atoms with Gasteiger partial charge in [-0.3, -0.25) is 9.59 Å². The quantitative estimate of drug-likeness (QED) is 0.431. The zero-order valence-corrected chi connectivity index (χ0v) is 19.0. The maximum atomic E-state index is 14.6. The molecule has 3 rings (SSSR count). The molecule has 3 aromatic rings. The van der Waals surface area contributed by atoms with E-state index in [-0.39, 0.29) is 29.1 Å². The maximum absolute atomic E-state index is 14.6. The highest BCUT2D eigenvalue weighted by atomic mass is 32.2. The number of halogens is 2. The van der Waals surface area contributed by atoms with Crippen LogP contribution in [0.4, 0.5) is 14.5 Å². The van der Waals surface area contributed by atoms with Crippen molar-refractivity contribution < 1.29 is 26.8 Å². The molecule has 0 bridgehead atoms. The molecule has 0 aliphatic carbocycles. The average molecular weight is 488 g/mol. The van der Waals surface area contributed by atoms with Gasteiger partial charge in [-0.05, 0) is 48.0 Å². The monoisotopic (exact) mass is 487 g/mol. The van der Waals surface area contributed by atoms with Crippen molar-refractivity contribution in [2.75, 3.05) is 11.9 Å². The minimum Gasteiger partial charge on any atom is -0.340 e. The summed E-state index contributed by atoms with van der Waals surface area (Å²) in [4.78, 5) is 25.3. The third-order valence-electron chi connectivity index (χ3n) is 4.85. The Hall–Kier alpha value is -3.63. The summed E-state index contributed by atoms with van der Waals surface area (Å²) in [7, 11) is -3.87. The third-order valence-corrected chi connectivity index (χ3v) is 6.40. The second kappa shape index (κ2) is 11.0. The summed E-state index contributed by atoms with van der Waals surface area (Å²) >= 11 is 0. The molecule has 0 spiro atoms. The molecule has 10 heteroatoms. The lowest BCUT2D eigenvalue weighted by Gasteiger charge is -2.19. The standard InChI is InChI=1S/C24H23F2N3O4S/c1-2-27-34(32,33)19-12-13-21(20(26)15-19)28-24(31)22(14-16-6-4-3-5-7-16)29-23(30)17-8-10-18(25)11-9-17/h3-13,15,22,27H,2,14H2,1H3,(H,28,31)(H,29,30). The van der Waals surface area contributed by atoms with E-state index in [0.717, 1.165) is 29.8 Å². The van der Waals surface area contributed by atoms with Crippen molar-refractivity contribution in [3.05, 3.63) is 95.6 Å². The summed E-state index contributed by atoms with van der Waals surface area (Å²) in [5, 5.41) is 4.99. The predicted molar refractivity (Wildman–Crippen MR) is 124 cm³/mol. The van der Waals surface area contributed by atoms with Crippen molar-refractivity contribution in [3.63, 3.8) is 0 Å². The molecule has 0 aliphatic rings. The van der Waals surface area contributed by atoms with E-state index >= 15 is 0 Å². The van der Waals surface area contributed by atoms with Crippen LogP contribution in [0.3, 0.4) is 0 Å². The van der Waals surface area contributed by atoms with Crippen molar-refractivity contribution >= 4 is 27.5 Å². The minimum absolute atomic E-state index is 0.105. The maximum Gasteiger partial charge on any atom is 0.251 e. The number of carbonyl (C=O) groups is 2. The smallest absolute Gasteiger partial charge is 0.251 e. The van der Waals surface area contributed by atoms with Crippen molar-refractivity contribution in [2.24, 2.45) is 0 Å². The van der Waals surface area contributed by atoms with Gasteiger partial charge in [0.15, 0.2) is 0 Å². The summed E-state index contributed by atoms with van der Waals surface area (Å²) in [6.45, 7) is 1.73. The fourth-order valence-electron chi connectivity index (χ4n) is 3.16. The van der Waals surface area contributed by atoms with Gasteiger partial charge in [0.05, 0.1) is 10.6 Å². The van der Waals surface area contributed by atoms with Gasteiger partial charge >= 0.3 is 0 Å². The van der Waals surface area contributed by atoms with E-state index in [1.807, 2.05) is 0 Å². The molecule has 0 radical (unpaired) electrons. The molecular formula is C24H23F2N3O4S. The Morgan fingerprint density at radius 2 is 1.62 bits per heavy atom. The number of anilines is 1. The zero-order chi connectivity index (χ0) is 24.7. The summed E-state index contributed by atoms with van der Waals surface area (Å²) in [6, 6.07) is 15.7. The molecule has 0 heterocycles. The molecule has 7 nitrogen and oxygen atoms in total. The Balaban J connectivity index is 1.82. The van der Waals surface area contributed by atoms with Crippen molar-refractivity contribution in [1.82, 2.24) is 10.0 Å². The summed E-state index contributed by atoms with van der Waals surface area (Å²) in [6.07, 6.45) is 0.105. The molecule has 0 aromatic heterocycles. The van der Waals surface area contributed by atoms with Crippen molar-refractivity contribution in [3.8, 4) is 0 Å². The Morgan fingerprint density at radius 1 is 0.941 bits per heavy atom. The first kappa shape index (κ1) is 25.0. The Bertz CT molecular complexity index is 1270. The van der Waals surface area contributed by atoms with Crippen LogP contribution < -0.4 is 15.4 Å². The summed E-state index contributed by atoms with van der Waals surface area (Å²) < 4.78 is 54.2. The first-order chi connectivity index (χ1) is 16.2. The Labute approximate surface area is 196 Å². The number of hydrogen-bond acceptors (Lipinski definition) is 4. The van der Waals surface area contributed by atoms with Gasteiger partial charge in [0.25, 0.3) is 5.91 Å². The number of carbonyl (C=O) groups excluding carboxylic acids is 2. The molecule has 178 valence electrons. The first-order valence-electron chi connectivity index (χ1n) is 10.4. The highest BCUT2D eigenvalue weighted by Crippen LogP contribution is 2.20. The summed E-state index contributed by atoms with van der Waals surface area (Å²) in [5.74, 6) is -2.77. The topological polar surface area (TPSA) is 104 Å². The number of benzene rings is 3. The van der Waals surface area contributed by atoms with Crippen LogP contribution in [0, 0.1) is 11.6 Å². The molecule has 0 saturated heterocycles. The van der Waals surface area contributed by atoms with E-state index in [2.05, 4.69) is 15.4 Å². The largest absolute Gasteiger partial charge is 0.340 e. The molecule has 1 atom stereocenters. The number of sulfonamides is 1.